The van der Waals surface area contributed by atoms with Crippen molar-refractivity contribution in [1.29, 1.82) is 0 Å². The largest absolute Gasteiger partial charge is 0.454 e. The maximum atomic E-state index is 12.4. The molecule has 2 aromatic carbocycles. The molecular weight excluding hydrogens is 326 g/mol. The molecule has 0 amide bonds. The summed E-state index contributed by atoms with van der Waals surface area (Å²) in [5.41, 5.74) is -0.771. The molecule has 116 valence electrons. The van der Waals surface area contributed by atoms with Crippen molar-refractivity contribution in [3.63, 3.8) is 0 Å². The van der Waals surface area contributed by atoms with E-state index in [-0.39, 0.29) is 29.4 Å². The van der Waals surface area contributed by atoms with E-state index in [9.17, 15) is 19.7 Å². The summed E-state index contributed by atoms with van der Waals surface area (Å²) < 4.78 is 10.1. The zero-order valence-electron chi connectivity index (χ0n) is 11.4. The Bertz CT molecular complexity index is 831. The summed E-state index contributed by atoms with van der Waals surface area (Å²) in [6, 6.07) is 7.89. The van der Waals surface area contributed by atoms with Crippen LogP contribution in [0.1, 0.15) is 20.7 Å². The van der Waals surface area contributed by atoms with E-state index in [4.69, 9.17) is 21.1 Å². The maximum absolute atomic E-state index is 12.4. The van der Waals surface area contributed by atoms with Crippen LogP contribution in [0.2, 0.25) is 5.02 Å². The van der Waals surface area contributed by atoms with Gasteiger partial charge in [-0.3, -0.25) is 19.7 Å². The van der Waals surface area contributed by atoms with Crippen molar-refractivity contribution in [3.05, 3.63) is 62.7 Å². The van der Waals surface area contributed by atoms with E-state index in [0.29, 0.717) is 5.02 Å². The Hall–Kier alpha value is -2.93. The molecule has 0 spiro atoms. The van der Waals surface area contributed by atoms with Crippen molar-refractivity contribution in [2.24, 2.45) is 0 Å². The minimum atomic E-state index is -1.00. The number of halogens is 1. The summed E-state index contributed by atoms with van der Waals surface area (Å²) in [4.78, 5) is 35.0. The van der Waals surface area contributed by atoms with E-state index in [1.165, 1.54) is 24.3 Å². The molecule has 0 radical (unpaired) electrons. The predicted molar refractivity (Wildman–Crippen MR) is 79.3 cm³/mol. The van der Waals surface area contributed by atoms with Crippen LogP contribution in [0.25, 0.3) is 0 Å². The molecule has 0 saturated carbocycles. The van der Waals surface area contributed by atoms with E-state index < -0.39 is 22.2 Å². The summed E-state index contributed by atoms with van der Waals surface area (Å²) in [5, 5.41) is 11.6. The first-order chi connectivity index (χ1) is 11.0. The van der Waals surface area contributed by atoms with Crippen LogP contribution in [-0.4, -0.2) is 23.3 Å². The second-order valence-corrected chi connectivity index (χ2v) is 5.08. The highest BCUT2D eigenvalue weighted by molar-refractivity contribution is 6.50. The lowest BCUT2D eigenvalue weighted by molar-refractivity contribution is -0.385. The molecule has 8 heteroatoms. The molecule has 1 aliphatic rings. The third kappa shape index (κ3) is 2.74. The molecule has 0 N–H and O–H groups in total. The van der Waals surface area contributed by atoms with Crippen LogP contribution < -0.4 is 9.47 Å². The normalized spacial score (nSPS) is 12.0. The molecule has 2 aromatic rings. The van der Waals surface area contributed by atoms with Crippen LogP contribution in [-0.2, 0) is 0 Å². The van der Waals surface area contributed by atoms with E-state index in [1.807, 2.05) is 0 Å². The molecule has 0 aromatic heterocycles. The number of carbonyl (C=O) groups excluding carboxylic acids is 2. The van der Waals surface area contributed by atoms with Crippen LogP contribution in [0.3, 0.4) is 0 Å². The number of ketones is 2. The number of nitro groups is 1. The molecule has 0 saturated heterocycles. The van der Waals surface area contributed by atoms with Crippen LogP contribution in [0.4, 0.5) is 5.69 Å². The lowest BCUT2D eigenvalue weighted by Gasteiger charge is -2.04. The number of hydrogen-bond donors (Lipinski definition) is 0. The summed E-state index contributed by atoms with van der Waals surface area (Å²) in [6.07, 6.45) is 0. The number of Topliss-reactive ketones (excluding diaryl/α,β-unsaturated/α-hetero) is 2. The molecule has 0 bridgehead atoms. The third-order valence-electron chi connectivity index (χ3n) is 3.24. The van der Waals surface area contributed by atoms with E-state index >= 15 is 0 Å². The van der Waals surface area contributed by atoms with Gasteiger partial charge in [0.25, 0.3) is 5.69 Å². The van der Waals surface area contributed by atoms with Gasteiger partial charge in [-0.15, -0.1) is 0 Å². The molecule has 1 heterocycles. The molecule has 7 nitrogen and oxygen atoms in total. The molecule has 0 atom stereocenters. The maximum Gasteiger partial charge on any atom is 0.284 e. The van der Waals surface area contributed by atoms with Crippen molar-refractivity contribution in [2.45, 2.75) is 0 Å². The minimum Gasteiger partial charge on any atom is -0.454 e. The molecule has 0 unspecified atom stereocenters. The second-order valence-electron chi connectivity index (χ2n) is 4.64. The van der Waals surface area contributed by atoms with Gasteiger partial charge in [-0.25, -0.2) is 0 Å². The van der Waals surface area contributed by atoms with E-state index in [1.54, 1.807) is 0 Å². The number of nitrogens with zero attached hydrogens (tertiary/aromatic N) is 1. The van der Waals surface area contributed by atoms with Gasteiger partial charge in [-0.05, 0) is 24.3 Å². The summed E-state index contributed by atoms with van der Waals surface area (Å²) >= 11 is 5.73. The summed E-state index contributed by atoms with van der Waals surface area (Å²) in [6.45, 7) is -0.102. The van der Waals surface area contributed by atoms with Crippen molar-refractivity contribution < 1.29 is 24.0 Å². The molecule has 0 fully saturated rings. The van der Waals surface area contributed by atoms with Gasteiger partial charge in [0.15, 0.2) is 11.5 Å². The van der Waals surface area contributed by atoms with Gasteiger partial charge in [0.1, 0.15) is 5.56 Å². The molecule has 0 aliphatic carbocycles. The van der Waals surface area contributed by atoms with E-state index in [2.05, 4.69) is 0 Å². The number of benzene rings is 2. The number of nitro benzene ring substituents is 1. The molecule has 23 heavy (non-hydrogen) atoms. The Morgan fingerprint density at radius 1 is 1.04 bits per heavy atom. The number of fused-ring (bicyclic) bond motifs is 1. The monoisotopic (exact) mass is 333 g/mol. The van der Waals surface area contributed by atoms with Crippen molar-refractivity contribution in [3.8, 4) is 11.5 Å². The van der Waals surface area contributed by atoms with Gasteiger partial charge in [0, 0.05) is 16.7 Å². The fourth-order valence-corrected chi connectivity index (χ4v) is 2.24. The number of rotatable bonds is 4. The average Bonchev–Trinajstić information content (AvgIpc) is 3.00. The predicted octanol–water partition coefficient (Wildman–Crippen LogP) is 3.04. The van der Waals surface area contributed by atoms with Gasteiger partial charge in [0.05, 0.1) is 11.0 Å². The first-order valence-corrected chi connectivity index (χ1v) is 6.78. The average molecular weight is 334 g/mol. The Labute approximate surface area is 134 Å². The molecule has 1 aliphatic heterocycles. The zero-order valence-corrected chi connectivity index (χ0v) is 12.2. The Morgan fingerprint density at radius 2 is 1.65 bits per heavy atom. The van der Waals surface area contributed by atoms with Gasteiger partial charge in [-0.2, -0.15) is 0 Å². The minimum absolute atomic E-state index is 0.0892. The number of carbonyl (C=O) groups is 2. The van der Waals surface area contributed by atoms with Crippen molar-refractivity contribution in [1.82, 2.24) is 0 Å². The lowest BCUT2D eigenvalue weighted by Crippen LogP contribution is -2.16. The van der Waals surface area contributed by atoms with Crippen LogP contribution in [0, 0.1) is 10.1 Å². The first kappa shape index (κ1) is 15.0. The smallest absolute Gasteiger partial charge is 0.284 e. The number of hydrogen-bond acceptors (Lipinski definition) is 6. The lowest BCUT2D eigenvalue weighted by atomic mass is 9.99. The second kappa shape index (κ2) is 5.69. The van der Waals surface area contributed by atoms with Crippen LogP contribution in [0.15, 0.2) is 36.4 Å². The fourth-order valence-electron chi connectivity index (χ4n) is 2.12. The van der Waals surface area contributed by atoms with Crippen LogP contribution >= 0.6 is 11.6 Å². The van der Waals surface area contributed by atoms with Gasteiger partial charge in [0.2, 0.25) is 18.4 Å². The first-order valence-electron chi connectivity index (χ1n) is 6.40. The standard InChI is InChI=1S/C15H8ClNO6/c16-9-3-1-8(2-4-9)14(18)15(19)10-5-12-13(23-7-22-12)6-11(10)17(20)21/h1-6H,7H2. The highest BCUT2D eigenvalue weighted by Crippen LogP contribution is 2.38. The SMILES string of the molecule is O=C(C(=O)c1cc2c(cc1[N+](=O)[O-])OCO2)c1ccc(Cl)cc1. The van der Waals surface area contributed by atoms with Gasteiger partial charge >= 0.3 is 0 Å². The molecule has 3 rings (SSSR count). The number of ether oxygens (including phenoxy) is 2. The van der Waals surface area contributed by atoms with Gasteiger partial charge < -0.3 is 9.47 Å². The fraction of sp³-hybridized carbons (Fsp3) is 0.0667. The van der Waals surface area contributed by atoms with Crippen LogP contribution in [0.5, 0.6) is 11.5 Å². The summed E-state index contributed by atoms with van der Waals surface area (Å²) in [7, 11) is 0. The Balaban J connectivity index is 2.03. The quantitative estimate of drug-likeness (QED) is 0.369. The zero-order chi connectivity index (χ0) is 16.6. The Kier molecular flexibility index (Phi) is 3.71. The van der Waals surface area contributed by atoms with Crippen molar-refractivity contribution >= 4 is 28.9 Å². The summed E-state index contributed by atoms with van der Waals surface area (Å²) in [5.74, 6) is -1.53. The Morgan fingerprint density at radius 3 is 2.26 bits per heavy atom. The topological polar surface area (TPSA) is 95.7 Å². The van der Waals surface area contributed by atoms with Crippen molar-refractivity contribution in [2.75, 3.05) is 6.79 Å². The highest BCUT2D eigenvalue weighted by atomic mass is 35.5. The third-order valence-corrected chi connectivity index (χ3v) is 3.50. The van der Waals surface area contributed by atoms with Gasteiger partial charge in [-0.1, -0.05) is 11.6 Å². The highest BCUT2D eigenvalue weighted by Gasteiger charge is 2.30. The molecular formula is C15H8ClNO6. The van der Waals surface area contributed by atoms with E-state index in [0.717, 1.165) is 12.1 Å².